The first-order chi connectivity index (χ1) is 16.6. The summed E-state index contributed by atoms with van der Waals surface area (Å²) >= 11 is 7.26. The van der Waals surface area contributed by atoms with Crippen molar-refractivity contribution in [2.75, 3.05) is 30.4 Å². The van der Waals surface area contributed by atoms with Gasteiger partial charge in [-0.25, -0.2) is 4.98 Å². The Labute approximate surface area is 214 Å². The highest BCUT2D eigenvalue weighted by Crippen LogP contribution is 2.37. The summed E-state index contributed by atoms with van der Waals surface area (Å²) in [5.41, 5.74) is 0.339. The van der Waals surface area contributed by atoms with Gasteiger partial charge >= 0.3 is 0 Å². The standard InChI is InChI=1S/C25H31ClN4O4S/c1-25(2,3)19-12-18(22(35-19)24(33)29-20-9-6-16(26)13-27-20)28-23(32)15-4-7-17(8-5-15)30-10-11-34-14-21(30)31/h6,9,12-13,15,17H,4-5,7-8,10-11,14H2,1-3H3,(H,28,32)(H,27,29,33)/t15-,17-. The predicted octanol–water partition coefficient (Wildman–Crippen LogP) is 4.70. The molecule has 1 aliphatic heterocycles. The van der Waals surface area contributed by atoms with E-state index in [1.54, 1.807) is 12.1 Å². The molecule has 0 bridgehead atoms. The molecule has 2 fully saturated rings. The number of pyridine rings is 1. The minimum atomic E-state index is -0.329. The van der Waals surface area contributed by atoms with E-state index >= 15 is 0 Å². The second-order valence-electron chi connectivity index (χ2n) is 10.1. The lowest BCUT2D eigenvalue weighted by Gasteiger charge is -2.38. The van der Waals surface area contributed by atoms with Gasteiger partial charge in [0.25, 0.3) is 5.91 Å². The summed E-state index contributed by atoms with van der Waals surface area (Å²) in [6.45, 7) is 7.54. The van der Waals surface area contributed by atoms with E-state index < -0.39 is 0 Å². The van der Waals surface area contributed by atoms with Gasteiger partial charge in [-0.2, -0.15) is 0 Å². The summed E-state index contributed by atoms with van der Waals surface area (Å²) < 4.78 is 5.23. The maximum Gasteiger partial charge on any atom is 0.269 e. The fraction of sp³-hybridized carbons (Fsp3) is 0.520. The topological polar surface area (TPSA) is 101 Å². The minimum absolute atomic E-state index is 0.0305. The fourth-order valence-corrected chi connectivity index (χ4v) is 5.62. The third-order valence-electron chi connectivity index (χ3n) is 6.44. The number of halogens is 1. The monoisotopic (exact) mass is 518 g/mol. The average molecular weight is 519 g/mol. The van der Waals surface area contributed by atoms with Gasteiger partial charge in [0, 0.05) is 29.6 Å². The van der Waals surface area contributed by atoms with Crippen LogP contribution in [0.15, 0.2) is 24.4 Å². The summed E-state index contributed by atoms with van der Waals surface area (Å²) in [7, 11) is 0. The Morgan fingerprint density at radius 1 is 1.17 bits per heavy atom. The molecule has 8 nitrogen and oxygen atoms in total. The molecule has 2 aliphatic rings. The Hall–Kier alpha value is -2.49. The van der Waals surface area contributed by atoms with Crippen molar-refractivity contribution in [3.63, 3.8) is 0 Å². The lowest BCUT2D eigenvalue weighted by atomic mass is 9.84. The zero-order valence-electron chi connectivity index (χ0n) is 20.2. The van der Waals surface area contributed by atoms with Gasteiger partial charge in [-0.1, -0.05) is 32.4 Å². The van der Waals surface area contributed by atoms with Crippen molar-refractivity contribution >= 4 is 52.2 Å². The zero-order valence-corrected chi connectivity index (χ0v) is 21.8. The molecule has 10 heteroatoms. The van der Waals surface area contributed by atoms with Gasteiger partial charge in [0.1, 0.15) is 17.3 Å². The number of aromatic nitrogens is 1. The Kier molecular flexibility index (Phi) is 7.78. The summed E-state index contributed by atoms with van der Waals surface area (Å²) in [6.07, 6.45) is 4.45. The molecule has 0 radical (unpaired) electrons. The highest BCUT2D eigenvalue weighted by atomic mass is 35.5. The largest absolute Gasteiger partial charge is 0.370 e. The van der Waals surface area contributed by atoms with Crippen LogP contribution < -0.4 is 10.6 Å². The van der Waals surface area contributed by atoms with Crippen LogP contribution in [0.3, 0.4) is 0 Å². The normalized spacial score (nSPS) is 21.0. The van der Waals surface area contributed by atoms with Gasteiger partial charge in [-0.3, -0.25) is 14.4 Å². The summed E-state index contributed by atoms with van der Waals surface area (Å²) in [4.78, 5) is 45.9. The van der Waals surface area contributed by atoms with Crippen molar-refractivity contribution in [1.29, 1.82) is 0 Å². The van der Waals surface area contributed by atoms with E-state index in [0.717, 1.165) is 17.7 Å². The molecule has 35 heavy (non-hydrogen) atoms. The third-order valence-corrected chi connectivity index (χ3v) is 8.22. The lowest BCUT2D eigenvalue weighted by molar-refractivity contribution is -0.146. The molecule has 0 atom stereocenters. The lowest BCUT2D eigenvalue weighted by Crippen LogP contribution is -2.49. The molecule has 3 amide bonds. The second-order valence-corrected chi connectivity index (χ2v) is 11.5. The van der Waals surface area contributed by atoms with Crippen molar-refractivity contribution in [3.05, 3.63) is 39.2 Å². The molecular formula is C25H31ClN4O4S. The zero-order chi connectivity index (χ0) is 25.2. The summed E-state index contributed by atoms with van der Waals surface area (Å²) in [5.74, 6) is -0.158. The minimum Gasteiger partial charge on any atom is -0.370 e. The average Bonchev–Trinajstić information content (AvgIpc) is 3.25. The van der Waals surface area contributed by atoms with Crippen LogP contribution in [0.5, 0.6) is 0 Å². The number of hydrogen-bond donors (Lipinski definition) is 2. The third kappa shape index (κ3) is 6.20. The first kappa shape index (κ1) is 25.6. The summed E-state index contributed by atoms with van der Waals surface area (Å²) in [5, 5.41) is 6.29. The molecule has 2 N–H and O–H groups in total. The molecule has 1 saturated heterocycles. The Bertz CT molecular complexity index is 1090. The first-order valence-electron chi connectivity index (χ1n) is 11.9. The van der Waals surface area contributed by atoms with E-state index in [4.69, 9.17) is 16.3 Å². The molecular weight excluding hydrogens is 488 g/mol. The number of anilines is 2. The van der Waals surface area contributed by atoms with E-state index in [1.165, 1.54) is 17.5 Å². The molecule has 2 aromatic heterocycles. The van der Waals surface area contributed by atoms with Crippen LogP contribution in [0.4, 0.5) is 11.5 Å². The van der Waals surface area contributed by atoms with Gasteiger partial charge in [0.2, 0.25) is 11.8 Å². The van der Waals surface area contributed by atoms with Crippen molar-refractivity contribution in [2.24, 2.45) is 5.92 Å². The number of amides is 3. The number of carbonyl (C=O) groups is 3. The molecule has 1 aliphatic carbocycles. The molecule has 4 rings (SSSR count). The highest BCUT2D eigenvalue weighted by Gasteiger charge is 2.33. The number of hydrogen-bond acceptors (Lipinski definition) is 6. The molecule has 0 aromatic carbocycles. The van der Waals surface area contributed by atoms with E-state index in [1.807, 2.05) is 11.0 Å². The van der Waals surface area contributed by atoms with Crippen LogP contribution in [0.2, 0.25) is 5.02 Å². The van der Waals surface area contributed by atoms with E-state index in [0.29, 0.717) is 47.4 Å². The number of rotatable bonds is 5. The molecule has 188 valence electrons. The number of ether oxygens (including phenoxy) is 1. The fourth-order valence-electron chi connectivity index (χ4n) is 4.45. The number of morpholine rings is 1. The summed E-state index contributed by atoms with van der Waals surface area (Å²) in [6, 6.07) is 5.35. The molecule has 2 aromatic rings. The van der Waals surface area contributed by atoms with Crippen LogP contribution in [-0.2, 0) is 19.7 Å². The number of nitrogens with zero attached hydrogens (tertiary/aromatic N) is 2. The number of thiophene rings is 1. The van der Waals surface area contributed by atoms with Gasteiger partial charge in [-0.15, -0.1) is 11.3 Å². The molecule has 1 saturated carbocycles. The Morgan fingerprint density at radius 3 is 2.54 bits per heavy atom. The quantitative estimate of drug-likeness (QED) is 0.597. The number of carbonyl (C=O) groups excluding carboxylic acids is 3. The van der Waals surface area contributed by atoms with Crippen molar-refractivity contribution in [1.82, 2.24) is 9.88 Å². The van der Waals surface area contributed by atoms with Crippen LogP contribution in [-0.4, -0.2) is 53.4 Å². The van der Waals surface area contributed by atoms with Gasteiger partial charge in [0.05, 0.1) is 17.3 Å². The molecule has 0 spiro atoms. The Balaban J connectivity index is 1.44. The van der Waals surface area contributed by atoms with Gasteiger partial charge in [0.15, 0.2) is 0 Å². The van der Waals surface area contributed by atoms with Crippen LogP contribution in [0.1, 0.15) is 61.0 Å². The van der Waals surface area contributed by atoms with E-state index in [2.05, 4.69) is 36.4 Å². The van der Waals surface area contributed by atoms with Crippen LogP contribution in [0.25, 0.3) is 0 Å². The Morgan fingerprint density at radius 2 is 1.91 bits per heavy atom. The van der Waals surface area contributed by atoms with Gasteiger partial charge in [-0.05, 0) is 49.3 Å². The van der Waals surface area contributed by atoms with E-state index in [9.17, 15) is 14.4 Å². The van der Waals surface area contributed by atoms with Crippen LogP contribution >= 0.6 is 22.9 Å². The number of nitrogens with one attached hydrogen (secondary N) is 2. The SMILES string of the molecule is CC(C)(C)c1cc(NC(=O)[C@H]2CC[C@H](N3CCOCC3=O)CC2)c(C(=O)Nc2ccc(Cl)cn2)s1. The molecule has 0 unspecified atom stereocenters. The van der Waals surface area contributed by atoms with Crippen molar-refractivity contribution in [2.45, 2.75) is 57.9 Å². The molecule has 3 heterocycles. The van der Waals surface area contributed by atoms with Crippen molar-refractivity contribution in [3.8, 4) is 0 Å². The van der Waals surface area contributed by atoms with Crippen LogP contribution in [0, 0.1) is 5.92 Å². The van der Waals surface area contributed by atoms with E-state index in [-0.39, 0.29) is 41.7 Å². The maximum atomic E-state index is 13.2. The maximum absolute atomic E-state index is 13.2. The first-order valence-corrected chi connectivity index (χ1v) is 13.1. The predicted molar refractivity (Wildman–Crippen MR) is 137 cm³/mol. The second kappa shape index (κ2) is 10.6. The smallest absolute Gasteiger partial charge is 0.269 e. The highest BCUT2D eigenvalue weighted by molar-refractivity contribution is 7.15. The van der Waals surface area contributed by atoms with Crippen molar-refractivity contribution < 1.29 is 19.1 Å². The van der Waals surface area contributed by atoms with Gasteiger partial charge < -0.3 is 20.3 Å².